The SMILES string of the molecule is CCN1CCC(N=C(C)C(C)F)C1. The van der Waals surface area contributed by atoms with Crippen LogP contribution in [0.5, 0.6) is 0 Å². The number of likely N-dealkylation sites (N-methyl/N-ethyl adjacent to an activating group) is 1. The summed E-state index contributed by atoms with van der Waals surface area (Å²) in [7, 11) is 0. The van der Waals surface area contributed by atoms with Gasteiger partial charge in [-0.05, 0) is 26.8 Å². The first-order valence-corrected chi connectivity index (χ1v) is 5.04. The lowest BCUT2D eigenvalue weighted by atomic mass is 10.2. The second-order valence-corrected chi connectivity index (χ2v) is 3.72. The van der Waals surface area contributed by atoms with Crippen molar-refractivity contribution in [2.24, 2.45) is 4.99 Å². The lowest BCUT2D eigenvalue weighted by Crippen LogP contribution is -2.21. The molecule has 2 nitrogen and oxygen atoms in total. The largest absolute Gasteiger partial charge is 0.301 e. The van der Waals surface area contributed by atoms with Gasteiger partial charge < -0.3 is 4.90 Å². The van der Waals surface area contributed by atoms with Crippen molar-refractivity contribution in [3.05, 3.63) is 0 Å². The Labute approximate surface area is 79.8 Å². The molecule has 2 unspecified atom stereocenters. The third-order valence-electron chi connectivity index (χ3n) is 2.66. The van der Waals surface area contributed by atoms with Gasteiger partial charge in [-0.25, -0.2) is 4.39 Å². The number of likely N-dealkylation sites (tertiary alicyclic amines) is 1. The minimum atomic E-state index is -0.893. The van der Waals surface area contributed by atoms with Crippen molar-refractivity contribution < 1.29 is 4.39 Å². The van der Waals surface area contributed by atoms with Gasteiger partial charge in [-0.3, -0.25) is 4.99 Å². The molecule has 0 spiro atoms. The molecule has 1 saturated heterocycles. The average molecular weight is 186 g/mol. The molecule has 0 amide bonds. The molecule has 1 rings (SSSR count). The predicted molar refractivity (Wildman–Crippen MR) is 54.2 cm³/mol. The number of hydrogen-bond donors (Lipinski definition) is 0. The van der Waals surface area contributed by atoms with Gasteiger partial charge in [0.1, 0.15) is 6.17 Å². The van der Waals surface area contributed by atoms with Crippen molar-refractivity contribution in [1.82, 2.24) is 4.90 Å². The van der Waals surface area contributed by atoms with Crippen molar-refractivity contribution in [2.75, 3.05) is 19.6 Å². The zero-order chi connectivity index (χ0) is 9.84. The fraction of sp³-hybridized carbons (Fsp3) is 0.900. The van der Waals surface area contributed by atoms with Crippen molar-refractivity contribution in [1.29, 1.82) is 0 Å². The van der Waals surface area contributed by atoms with Gasteiger partial charge in [0.05, 0.1) is 6.04 Å². The molecule has 13 heavy (non-hydrogen) atoms. The molecule has 76 valence electrons. The number of nitrogens with zero attached hydrogens (tertiary/aromatic N) is 2. The van der Waals surface area contributed by atoms with Crippen LogP contribution in [0.3, 0.4) is 0 Å². The third kappa shape index (κ3) is 3.07. The minimum Gasteiger partial charge on any atom is -0.301 e. The van der Waals surface area contributed by atoms with Gasteiger partial charge in [0.2, 0.25) is 0 Å². The Morgan fingerprint density at radius 2 is 2.38 bits per heavy atom. The molecule has 0 bridgehead atoms. The minimum absolute atomic E-state index is 0.332. The monoisotopic (exact) mass is 186 g/mol. The van der Waals surface area contributed by atoms with E-state index in [0.717, 1.165) is 26.1 Å². The Kier molecular flexibility index (Phi) is 3.85. The van der Waals surface area contributed by atoms with E-state index < -0.39 is 6.17 Å². The molecule has 1 heterocycles. The lowest BCUT2D eigenvalue weighted by molar-refractivity contribution is 0.353. The molecule has 0 aromatic carbocycles. The molecule has 0 radical (unpaired) electrons. The number of alkyl halides is 1. The molecule has 0 aliphatic carbocycles. The molecule has 0 aromatic rings. The van der Waals surface area contributed by atoms with E-state index in [-0.39, 0.29) is 0 Å². The summed E-state index contributed by atoms with van der Waals surface area (Å²) in [6, 6.07) is 0.332. The van der Waals surface area contributed by atoms with Crippen molar-refractivity contribution >= 4 is 5.71 Å². The van der Waals surface area contributed by atoms with Crippen molar-refractivity contribution in [3.63, 3.8) is 0 Å². The topological polar surface area (TPSA) is 15.6 Å². The molecule has 1 aliphatic heterocycles. The number of hydrogen-bond acceptors (Lipinski definition) is 2. The molecular weight excluding hydrogens is 167 g/mol. The Morgan fingerprint density at radius 3 is 2.85 bits per heavy atom. The van der Waals surface area contributed by atoms with E-state index in [0.29, 0.717) is 11.8 Å². The van der Waals surface area contributed by atoms with E-state index in [1.807, 2.05) is 0 Å². The van der Waals surface area contributed by atoms with Gasteiger partial charge in [-0.2, -0.15) is 0 Å². The summed E-state index contributed by atoms with van der Waals surface area (Å²) in [4.78, 5) is 6.73. The highest BCUT2D eigenvalue weighted by Crippen LogP contribution is 2.12. The highest BCUT2D eigenvalue weighted by atomic mass is 19.1. The Bertz CT molecular complexity index is 189. The normalized spacial score (nSPS) is 28.0. The van der Waals surface area contributed by atoms with E-state index >= 15 is 0 Å². The van der Waals surface area contributed by atoms with Gasteiger partial charge in [0.25, 0.3) is 0 Å². The first-order chi connectivity index (χ1) is 6.13. The summed E-state index contributed by atoms with van der Waals surface area (Å²) in [5, 5.41) is 0. The Morgan fingerprint density at radius 1 is 1.69 bits per heavy atom. The highest BCUT2D eigenvalue weighted by Gasteiger charge is 2.20. The van der Waals surface area contributed by atoms with Crippen LogP contribution < -0.4 is 0 Å². The highest BCUT2D eigenvalue weighted by molar-refractivity contribution is 5.86. The smallest absolute Gasteiger partial charge is 0.135 e. The molecule has 0 N–H and O–H groups in total. The summed E-state index contributed by atoms with van der Waals surface area (Å²) in [6.45, 7) is 8.66. The third-order valence-corrected chi connectivity index (χ3v) is 2.66. The quantitative estimate of drug-likeness (QED) is 0.615. The van der Waals surface area contributed by atoms with Crippen LogP contribution in [0.1, 0.15) is 27.2 Å². The Hall–Kier alpha value is -0.440. The van der Waals surface area contributed by atoms with E-state index in [9.17, 15) is 4.39 Å². The molecule has 1 fully saturated rings. The standard InChI is InChI=1S/C10H19FN2/c1-4-13-6-5-10(7-13)12-9(3)8(2)11/h8,10H,4-7H2,1-3H3. The number of rotatable bonds is 3. The first kappa shape index (κ1) is 10.6. The fourth-order valence-corrected chi connectivity index (χ4v) is 1.60. The molecule has 0 aromatic heterocycles. The number of aliphatic imine (C=N–C) groups is 1. The van der Waals surface area contributed by atoms with Crippen LogP contribution in [0, 0.1) is 0 Å². The first-order valence-electron chi connectivity index (χ1n) is 5.04. The molecule has 2 atom stereocenters. The predicted octanol–water partition coefficient (Wildman–Crippen LogP) is 1.90. The van der Waals surface area contributed by atoms with Gasteiger partial charge >= 0.3 is 0 Å². The maximum Gasteiger partial charge on any atom is 0.135 e. The summed E-state index contributed by atoms with van der Waals surface area (Å²) < 4.78 is 12.8. The van der Waals surface area contributed by atoms with Crippen LogP contribution in [0.25, 0.3) is 0 Å². The summed E-state index contributed by atoms with van der Waals surface area (Å²) >= 11 is 0. The van der Waals surface area contributed by atoms with Gasteiger partial charge in [-0.1, -0.05) is 6.92 Å². The van der Waals surface area contributed by atoms with Gasteiger partial charge in [0, 0.05) is 18.8 Å². The maximum absolute atomic E-state index is 12.8. The number of halogens is 1. The van der Waals surface area contributed by atoms with Crippen LogP contribution in [-0.2, 0) is 0 Å². The van der Waals surface area contributed by atoms with E-state index in [2.05, 4.69) is 16.8 Å². The Balaban J connectivity index is 2.43. The second-order valence-electron chi connectivity index (χ2n) is 3.72. The van der Waals surface area contributed by atoms with E-state index in [1.54, 1.807) is 13.8 Å². The zero-order valence-electron chi connectivity index (χ0n) is 8.76. The van der Waals surface area contributed by atoms with Crippen LogP contribution in [0.15, 0.2) is 4.99 Å². The lowest BCUT2D eigenvalue weighted by Gasteiger charge is -2.11. The van der Waals surface area contributed by atoms with Crippen molar-refractivity contribution in [2.45, 2.75) is 39.4 Å². The van der Waals surface area contributed by atoms with Crippen LogP contribution in [-0.4, -0.2) is 42.5 Å². The van der Waals surface area contributed by atoms with Crippen LogP contribution >= 0.6 is 0 Å². The fourth-order valence-electron chi connectivity index (χ4n) is 1.60. The zero-order valence-corrected chi connectivity index (χ0v) is 8.76. The van der Waals surface area contributed by atoms with Crippen molar-refractivity contribution in [3.8, 4) is 0 Å². The molecule has 1 aliphatic rings. The van der Waals surface area contributed by atoms with Gasteiger partial charge in [0.15, 0.2) is 0 Å². The van der Waals surface area contributed by atoms with Gasteiger partial charge in [-0.15, -0.1) is 0 Å². The summed E-state index contributed by atoms with van der Waals surface area (Å²) in [5.41, 5.74) is 0.642. The van der Waals surface area contributed by atoms with Crippen LogP contribution in [0.2, 0.25) is 0 Å². The van der Waals surface area contributed by atoms with Crippen LogP contribution in [0.4, 0.5) is 4.39 Å². The average Bonchev–Trinajstić information content (AvgIpc) is 2.52. The van der Waals surface area contributed by atoms with E-state index in [1.165, 1.54) is 0 Å². The molecular formula is C10H19FN2. The summed E-state index contributed by atoms with van der Waals surface area (Å²) in [5.74, 6) is 0. The second kappa shape index (κ2) is 4.70. The summed E-state index contributed by atoms with van der Waals surface area (Å²) in [6.07, 6.45) is 0.188. The maximum atomic E-state index is 12.8. The molecule has 3 heteroatoms. The molecule has 0 saturated carbocycles. The van der Waals surface area contributed by atoms with E-state index in [4.69, 9.17) is 0 Å².